The van der Waals surface area contributed by atoms with E-state index in [1.807, 2.05) is 0 Å². The summed E-state index contributed by atoms with van der Waals surface area (Å²) < 4.78 is 34.8. The molecular formula is C12H17NO5S. The first-order chi connectivity index (χ1) is 8.93. The van der Waals surface area contributed by atoms with Crippen LogP contribution in [0.5, 0.6) is 5.75 Å². The number of esters is 1. The number of carbonyl (C=O) groups excluding carboxylic acids is 1. The summed E-state index contributed by atoms with van der Waals surface area (Å²) in [4.78, 5) is 11.6. The second kappa shape index (κ2) is 6.53. The van der Waals surface area contributed by atoms with Crippen LogP contribution in [0.3, 0.4) is 0 Å². The molecule has 0 aliphatic carbocycles. The third kappa shape index (κ3) is 4.22. The van der Waals surface area contributed by atoms with Crippen molar-refractivity contribution in [2.75, 3.05) is 20.0 Å². The van der Waals surface area contributed by atoms with E-state index < -0.39 is 16.0 Å². The van der Waals surface area contributed by atoms with Crippen molar-refractivity contribution >= 4 is 16.0 Å². The minimum absolute atomic E-state index is 0.00696. The Balaban J connectivity index is 2.96. The lowest BCUT2D eigenvalue weighted by Gasteiger charge is -2.10. The Morgan fingerprint density at radius 2 is 2.00 bits per heavy atom. The monoisotopic (exact) mass is 287 g/mol. The van der Waals surface area contributed by atoms with Gasteiger partial charge in [0.15, 0.2) is 0 Å². The number of rotatable bonds is 6. The van der Waals surface area contributed by atoms with Crippen LogP contribution in [0.15, 0.2) is 18.2 Å². The van der Waals surface area contributed by atoms with Crippen LogP contribution in [0.1, 0.15) is 22.8 Å². The van der Waals surface area contributed by atoms with Gasteiger partial charge in [0.05, 0.1) is 20.0 Å². The number of benzene rings is 1. The summed E-state index contributed by atoms with van der Waals surface area (Å²) >= 11 is 0. The van der Waals surface area contributed by atoms with Crippen LogP contribution in [0.25, 0.3) is 0 Å². The Labute approximate surface area is 112 Å². The molecule has 1 aromatic carbocycles. The zero-order valence-corrected chi connectivity index (χ0v) is 11.9. The van der Waals surface area contributed by atoms with Gasteiger partial charge in [0.25, 0.3) is 0 Å². The van der Waals surface area contributed by atoms with Gasteiger partial charge in [-0.1, -0.05) is 6.07 Å². The SMILES string of the molecule is CCS(=O)(=O)NCc1ccc(OC)c(C(=O)OC)c1. The zero-order valence-electron chi connectivity index (χ0n) is 11.1. The van der Waals surface area contributed by atoms with Gasteiger partial charge in [-0.3, -0.25) is 0 Å². The highest BCUT2D eigenvalue weighted by atomic mass is 32.2. The molecule has 0 saturated heterocycles. The Morgan fingerprint density at radius 3 is 2.53 bits per heavy atom. The molecule has 0 atom stereocenters. The van der Waals surface area contributed by atoms with E-state index in [0.717, 1.165) is 0 Å². The van der Waals surface area contributed by atoms with Gasteiger partial charge in [0.1, 0.15) is 11.3 Å². The summed E-state index contributed by atoms with van der Waals surface area (Å²) in [5.74, 6) is -0.140. The van der Waals surface area contributed by atoms with Gasteiger partial charge >= 0.3 is 5.97 Å². The van der Waals surface area contributed by atoms with E-state index in [0.29, 0.717) is 11.3 Å². The van der Waals surface area contributed by atoms with Crippen molar-refractivity contribution in [3.05, 3.63) is 29.3 Å². The summed E-state index contributed by atoms with van der Waals surface area (Å²) in [5.41, 5.74) is 0.913. The van der Waals surface area contributed by atoms with Crippen LogP contribution in [-0.4, -0.2) is 34.4 Å². The lowest BCUT2D eigenvalue weighted by Crippen LogP contribution is -2.24. The molecule has 0 radical (unpaired) electrons. The van der Waals surface area contributed by atoms with Gasteiger partial charge in [-0.2, -0.15) is 0 Å². The van der Waals surface area contributed by atoms with Crippen molar-refractivity contribution in [2.24, 2.45) is 0 Å². The molecule has 0 unspecified atom stereocenters. The van der Waals surface area contributed by atoms with Gasteiger partial charge in [-0.05, 0) is 24.6 Å². The predicted molar refractivity (Wildman–Crippen MR) is 70.6 cm³/mol. The molecule has 0 amide bonds. The Hall–Kier alpha value is -1.60. The molecule has 1 aromatic rings. The molecule has 0 bridgehead atoms. The fraction of sp³-hybridized carbons (Fsp3) is 0.417. The highest BCUT2D eigenvalue weighted by Gasteiger charge is 2.14. The smallest absolute Gasteiger partial charge is 0.341 e. The average Bonchev–Trinajstić information content (AvgIpc) is 2.44. The number of ether oxygens (including phenoxy) is 2. The minimum Gasteiger partial charge on any atom is -0.496 e. The first kappa shape index (κ1) is 15.5. The number of hydrogen-bond donors (Lipinski definition) is 1. The molecule has 7 heteroatoms. The first-order valence-corrected chi connectivity index (χ1v) is 7.31. The quantitative estimate of drug-likeness (QED) is 0.787. The molecule has 0 aromatic heterocycles. The molecule has 0 spiro atoms. The molecule has 1 rings (SSSR count). The number of sulfonamides is 1. The standard InChI is InChI=1S/C12H17NO5S/c1-4-19(15,16)13-8-9-5-6-11(17-2)10(7-9)12(14)18-3/h5-7,13H,4,8H2,1-3H3. The van der Waals surface area contributed by atoms with Crippen LogP contribution in [0.4, 0.5) is 0 Å². The first-order valence-electron chi connectivity index (χ1n) is 5.66. The molecule has 6 nitrogen and oxygen atoms in total. The second-order valence-electron chi connectivity index (χ2n) is 3.75. The van der Waals surface area contributed by atoms with Crippen molar-refractivity contribution in [2.45, 2.75) is 13.5 Å². The van der Waals surface area contributed by atoms with E-state index in [-0.39, 0.29) is 17.9 Å². The zero-order chi connectivity index (χ0) is 14.5. The minimum atomic E-state index is -3.27. The van der Waals surface area contributed by atoms with Gasteiger partial charge in [0.2, 0.25) is 10.0 Å². The highest BCUT2D eigenvalue weighted by molar-refractivity contribution is 7.89. The van der Waals surface area contributed by atoms with Crippen molar-refractivity contribution < 1.29 is 22.7 Å². The van der Waals surface area contributed by atoms with Gasteiger partial charge < -0.3 is 9.47 Å². The maximum atomic E-state index is 11.6. The summed E-state index contributed by atoms with van der Waals surface area (Å²) in [6.45, 7) is 1.67. The second-order valence-corrected chi connectivity index (χ2v) is 5.85. The fourth-order valence-corrected chi connectivity index (χ4v) is 2.02. The molecular weight excluding hydrogens is 270 g/mol. The summed E-state index contributed by atoms with van der Waals surface area (Å²) in [7, 11) is -0.552. The largest absolute Gasteiger partial charge is 0.496 e. The van der Waals surface area contributed by atoms with Crippen LogP contribution >= 0.6 is 0 Å². The normalized spacial score (nSPS) is 11.1. The Morgan fingerprint density at radius 1 is 1.32 bits per heavy atom. The van der Waals surface area contributed by atoms with Gasteiger partial charge in [-0.25, -0.2) is 17.9 Å². The maximum absolute atomic E-state index is 11.6. The summed E-state index contributed by atoms with van der Waals surface area (Å²) in [6, 6.07) is 4.83. The maximum Gasteiger partial charge on any atom is 0.341 e. The lowest BCUT2D eigenvalue weighted by molar-refractivity contribution is 0.0597. The predicted octanol–water partition coefficient (Wildman–Crippen LogP) is 0.921. The van der Waals surface area contributed by atoms with Crippen LogP contribution in [0.2, 0.25) is 0 Å². The van der Waals surface area contributed by atoms with E-state index in [9.17, 15) is 13.2 Å². The van der Waals surface area contributed by atoms with Crippen molar-refractivity contribution in [3.63, 3.8) is 0 Å². The fourth-order valence-electron chi connectivity index (χ4n) is 1.43. The average molecular weight is 287 g/mol. The number of hydrogen-bond acceptors (Lipinski definition) is 5. The van der Waals surface area contributed by atoms with Gasteiger partial charge in [0, 0.05) is 6.54 Å². The van der Waals surface area contributed by atoms with E-state index in [1.165, 1.54) is 14.2 Å². The van der Waals surface area contributed by atoms with Crippen LogP contribution < -0.4 is 9.46 Å². The van der Waals surface area contributed by atoms with E-state index in [1.54, 1.807) is 25.1 Å². The topological polar surface area (TPSA) is 81.7 Å². The summed E-state index contributed by atoms with van der Waals surface area (Å²) in [5, 5.41) is 0. The Kier molecular flexibility index (Phi) is 5.31. The number of nitrogens with one attached hydrogen (secondary N) is 1. The molecule has 0 fully saturated rings. The molecule has 1 N–H and O–H groups in total. The number of methoxy groups -OCH3 is 2. The molecule has 0 saturated carbocycles. The van der Waals surface area contributed by atoms with Crippen molar-refractivity contribution in [1.29, 1.82) is 0 Å². The van der Waals surface area contributed by atoms with Crippen molar-refractivity contribution in [3.8, 4) is 5.75 Å². The molecule has 0 aliphatic heterocycles. The third-order valence-electron chi connectivity index (χ3n) is 2.55. The van der Waals surface area contributed by atoms with Gasteiger partial charge in [-0.15, -0.1) is 0 Å². The molecule has 0 aliphatic rings. The lowest BCUT2D eigenvalue weighted by atomic mass is 10.1. The highest BCUT2D eigenvalue weighted by Crippen LogP contribution is 2.20. The van der Waals surface area contributed by atoms with E-state index in [4.69, 9.17) is 4.74 Å². The van der Waals surface area contributed by atoms with E-state index in [2.05, 4.69) is 9.46 Å². The van der Waals surface area contributed by atoms with Crippen LogP contribution in [-0.2, 0) is 21.3 Å². The third-order valence-corrected chi connectivity index (χ3v) is 3.89. The number of carbonyl (C=O) groups is 1. The molecule has 19 heavy (non-hydrogen) atoms. The Bertz CT molecular complexity index is 553. The van der Waals surface area contributed by atoms with E-state index >= 15 is 0 Å². The molecule has 0 heterocycles. The summed E-state index contributed by atoms with van der Waals surface area (Å²) in [6.07, 6.45) is 0. The molecule has 106 valence electrons. The van der Waals surface area contributed by atoms with Crippen molar-refractivity contribution in [1.82, 2.24) is 4.72 Å². The van der Waals surface area contributed by atoms with Crippen LogP contribution in [0, 0.1) is 0 Å².